The third-order valence-corrected chi connectivity index (χ3v) is 4.59. The van der Waals surface area contributed by atoms with E-state index in [4.69, 9.17) is 11.6 Å². The van der Waals surface area contributed by atoms with Crippen LogP contribution in [-0.2, 0) is 18.8 Å². The van der Waals surface area contributed by atoms with Gasteiger partial charge in [0.2, 0.25) is 0 Å². The molecule has 0 atom stereocenters. The van der Waals surface area contributed by atoms with Crippen LogP contribution in [0, 0.1) is 0 Å². The van der Waals surface area contributed by atoms with Gasteiger partial charge >= 0.3 is 0 Å². The minimum absolute atomic E-state index is 0.459. The van der Waals surface area contributed by atoms with Crippen molar-refractivity contribution in [2.45, 2.75) is 25.8 Å². The molecule has 0 amide bonds. The van der Waals surface area contributed by atoms with Crippen molar-refractivity contribution in [3.63, 3.8) is 0 Å². The van der Waals surface area contributed by atoms with Crippen LogP contribution in [0.2, 0.25) is 0 Å². The Hall–Kier alpha value is -1.65. The number of rotatable bonds is 5. The van der Waals surface area contributed by atoms with Gasteiger partial charge in [0, 0.05) is 36.3 Å². The molecule has 2 heterocycles. The Labute approximate surface area is 133 Å². The summed E-state index contributed by atoms with van der Waals surface area (Å²) in [4.78, 5) is 8.98. The molecule has 108 valence electrons. The first kappa shape index (κ1) is 14.3. The maximum atomic E-state index is 5.85. The molecule has 0 radical (unpaired) electrons. The number of benzene rings is 1. The van der Waals surface area contributed by atoms with Gasteiger partial charge in [-0.2, -0.15) is 0 Å². The van der Waals surface area contributed by atoms with Gasteiger partial charge in [-0.1, -0.05) is 31.2 Å². The maximum Gasteiger partial charge on any atom is 0.123 e. The lowest BCUT2D eigenvalue weighted by molar-refractivity contribution is 0.733. The van der Waals surface area contributed by atoms with Crippen LogP contribution in [0.4, 0.5) is 0 Å². The van der Waals surface area contributed by atoms with Crippen LogP contribution in [0.15, 0.2) is 42.0 Å². The number of nitrogens with zero attached hydrogens (tertiary/aromatic N) is 3. The number of alkyl halides is 1. The molecule has 0 N–H and O–H groups in total. The highest BCUT2D eigenvalue weighted by Gasteiger charge is 2.10. The van der Waals surface area contributed by atoms with Crippen LogP contribution in [0.25, 0.3) is 10.6 Å². The Morgan fingerprint density at radius 3 is 2.90 bits per heavy atom. The number of hydrogen-bond donors (Lipinski definition) is 0. The molecule has 0 saturated carbocycles. The highest BCUT2D eigenvalue weighted by molar-refractivity contribution is 7.13. The molecule has 0 aliphatic carbocycles. The van der Waals surface area contributed by atoms with Gasteiger partial charge in [0.05, 0.1) is 11.6 Å². The first-order valence-electron chi connectivity index (χ1n) is 6.90. The Morgan fingerprint density at radius 1 is 1.29 bits per heavy atom. The van der Waals surface area contributed by atoms with E-state index in [0.717, 1.165) is 29.5 Å². The SMILES string of the molecule is CCc1nccn1Cc1ccccc1-c1nc(CCl)cs1. The summed E-state index contributed by atoms with van der Waals surface area (Å²) in [5.41, 5.74) is 3.36. The lowest BCUT2D eigenvalue weighted by Gasteiger charge is -2.10. The average molecular weight is 318 g/mol. The summed E-state index contributed by atoms with van der Waals surface area (Å²) >= 11 is 7.50. The van der Waals surface area contributed by atoms with Crippen molar-refractivity contribution in [2.24, 2.45) is 0 Å². The summed E-state index contributed by atoms with van der Waals surface area (Å²) in [7, 11) is 0. The van der Waals surface area contributed by atoms with E-state index in [1.54, 1.807) is 11.3 Å². The zero-order chi connectivity index (χ0) is 14.7. The van der Waals surface area contributed by atoms with Gasteiger partial charge in [0.15, 0.2) is 0 Å². The van der Waals surface area contributed by atoms with Crippen LogP contribution in [0.3, 0.4) is 0 Å². The smallest absolute Gasteiger partial charge is 0.123 e. The Kier molecular flexibility index (Phi) is 4.36. The summed E-state index contributed by atoms with van der Waals surface area (Å²) in [6.07, 6.45) is 4.82. The molecule has 0 bridgehead atoms. The van der Waals surface area contributed by atoms with Crippen molar-refractivity contribution < 1.29 is 0 Å². The fourth-order valence-electron chi connectivity index (χ4n) is 2.34. The minimum atomic E-state index is 0.459. The van der Waals surface area contributed by atoms with Crippen LogP contribution in [0.1, 0.15) is 24.0 Å². The second kappa shape index (κ2) is 6.41. The second-order valence-electron chi connectivity index (χ2n) is 4.76. The van der Waals surface area contributed by atoms with Crippen molar-refractivity contribution in [3.05, 3.63) is 59.1 Å². The molecule has 2 aromatic heterocycles. The fourth-order valence-corrected chi connectivity index (χ4v) is 3.45. The molecule has 3 aromatic rings. The van der Waals surface area contributed by atoms with Gasteiger partial charge in [-0.25, -0.2) is 9.97 Å². The van der Waals surface area contributed by atoms with Gasteiger partial charge in [0.25, 0.3) is 0 Å². The van der Waals surface area contributed by atoms with Crippen LogP contribution >= 0.6 is 22.9 Å². The van der Waals surface area contributed by atoms with Crippen LogP contribution in [0.5, 0.6) is 0 Å². The van der Waals surface area contributed by atoms with E-state index >= 15 is 0 Å². The third kappa shape index (κ3) is 3.01. The highest BCUT2D eigenvalue weighted by Crippen LogP contribution is 2.28. The number of aryl methyl sites for hydroxylation is 1. The van der Waals surface area contributed by atoms with E-state index in [1.165, 1.54) is 11.1 Å². The van der Waals surface area contributed by atoms with Crippen LogP contribution in [-0.4, -0.2) is 14.5 Å². The van der Waals surface area contributed by atoms with Crippen molar-refractivity contribution in [1.29, 1.82) is 0 Å². The van der Waals surface area contributed by atoms with E-state index in [1.807, 2.05) is 17.8 Å². The minimum Gasteiger partial charge on any atom is -0.331 e. The van der Waals surface area contributed by atoms with Gasteiger partial charge in [-0.05, 0) is 5.56 Å². The number of aromatic nitrogens is 3. The van der Waals surface area contributed by atoms with E-state index in [9.17, 15) is 0 Å². The monoisotopic (exact) mass is 317 g/mol. The summed E-state index contributed by atoms with van der Waals surface area (Å²) < 4.78 is 2.19. The van der Waals surface area contributed by atoms with Gasteiger partial charge in [-0.15, -0.1) is 22.9 Å². The predicted molar refractivity (Wildman–Crippen MR) is 87.8 cm³/mol. The molecule has 3 rings (SSSR count). The standard InChI is InChI=1S/C16H16ClN3S/c1-2-15-18-7-8-20(15)10-12-5-3-4-6-14(12)16-19-13(9-17)11-21-16/h3-8,11H,2,9-10H2,1H3. The molecular formula is C16H16ClN3S. The zero-order valence-electron chi connectivity index (χ0n) is 11.8. The summed E-state index contributed by atoms with van der Waals surface area (Å²) in [6.45, 7) is 2.94. The third-order valence-electron chi connectivity index (χ3n) is 3.40. The van der Waals surface area contributed by atoms with E-state index in [-0.39, 0.29) is 0 Å². The molecule has 0 aliphatic rings. The van der Waals surface area contributed by atoms with Gasteiger partial charge in [0.1, 0.15) is 10.8 Å². The Balaban J connectivity index is 1.96. The van der Waals surface area contributed by atoms with Crippen molar-refractivity contribution >= 4 is 22.9 Å². The van der Waals surface area contributed by atoms with E-state index in [2.05, 4.69) is 45.7 Å². The van der Waals surface area contributed by atoms with Crippen molar-refractivity contribution in [2.75, 3.05) is 0 Å². The lowest BCUT2D eigenvalue weighted by Crippen LogP contribution is -2.04. The van der Waals surface area contributed by atoms with Gasteiger partial charge in [-0.3, -0.25) is 0 Å². The second-order valence-corrected chi connectivity index (χ2v) is 5.89. The molecule has 0 fully saturated rings. The molecule has 21 heavy (non-hydrogen) atoms. The van der Waals surface area contributed by atoms with E-state index in [0.29, 0.717) is 5.88 Å². The van der Waals surface area contributed by atoms with Crippen molar-refractivity contribution in [1.82, 2.24) is 14.5 Å². The molecule has 0 aliphatic heterocycles. The highest BCUT2D eigenvalue weighted by atomic mass is 35.5. The number of imidazole rings is 1. The van der Waals surface area contributed by atoms with Gasteiger partial charge < -0.3 is 4.57 Å². The first-order chi connectivity index (χ1) is 10.3. The topological polar surface area (TPSA) is 30.7 Å². The Bertz CT molecular complexity index is 732. The molecule has 0 saturated heterocycles. The zero-order valence-corrected chi connectivity index (χ0v) is 13.4. The number of thiazole rings is 1. The van der Waals surface area contributed by atoms with Crippen molar-refractivity contribution in [3.8, 4) is 10.6 Å². The largest absolute Gasteiger partial charge is 0.331 e. The van der Waals surface area contributed by atoms with E-state index < -0.39 is 0 Å². The number of halogens is 1. The number of hydrogen-bond acceptors (Lipinski definition) is 3. The molecule has 3 nitrogen and oxygen atoms in total. The molecule has 5 heteroatoms. The average Bonchev–Trinajstić information content (AvgIpc) is 3.16. The summed E-state index contributed by atoms with van der Waals surface area (Å²) in [6, 6.07) is 8.39. The first-order valence-corrected chi connectivity index (χ1v) is 8.32. The molecule has 0 unspecified atom stereocenters. The molecule has 1 aromatic carbocycles. The van der Waals surface area contributed by atoms with Crippen LogP contribution < -0.4 is 0 Å². The molecular weight excluding hydrogens is 302 g/mol. The quantitative estimate of drug-likeness (QED) is 0.655. The Morgan fingerprint density at radius 2 is 2.14 bits per heavy atom. The normalized spacial score (nSPS) is 11.0. The maximum absolute atomic E-state index is 5.85. The summed E-state index contributed by atoms with van der Waals surface area (Å²) in [5, 5.41) is 3.05. The lowest BCUT2D eigenvalue weighted by atomic mass is 10.1. The predicted octanol–water partition coefficient (Wildman–Crippen LogP) is 4.36. The summed E-state index contributed by atoms with van der Waals surface area (Å²) in [5.74, 6) is 1.56. The molecule has 0 spiro atoms. The fraction of sp³-hybridized carbons (Fsp3) is 0.250.